The Morgan fingerprint density at radius 2 is 1.72 bits per heavy atom. The lowest BCUT2D eigenvalue weighted by molar-refractivity contribution is 1.25. The van der Waals surface area contributed by atoms with E-state index in [1.54, 1.807) is 0 Å². The van der Waals surface area contributed by atoms with Crippen molar-refractivity contribution in [3.05, 3.63) is 54.4 Å². The van der Waals surface area contributed by atoms with Gasteiger partial charge in [0.15, 0.2) is 0 Å². The predicted molar refractivity (Wildman–Crippen MR) is 79.4 cm³/mol. The number of nitrogens with zero attached hydrogens (tertiary/aromatic N) is 1. The van der Waals surface area contributed by atoms with Crippen molar-refractivity contribution in [2.45, 2.75) is 6.92 Å². The molecule has 0 saturated heterocycles. The molecule has 0 aliphatic heterocycles. The molecule has 0 spiro atoms. The van der Waals surface area contributed by atoms with Gasteiger partial charge in [0, 0.05) is 21.7 Å². The van der Waals surface area contributed by atoms with Gasteiger partial charge in [-0.1, -0.05) is 24.3 Å². The van der Waals surface area contributed by atoms with Crippen molar-refractivity contribution in [2.24, 2.45) is 0 Å². The summed E-state index contributed by atoms with van der Waals surface area (Å²) in [6.45, 7) is 2.08. The molecule has 0 amide bonds. The monoisotopic (exact) mass is 249 g/mol. The number of thiophene rings is 1. The molecule has 0 atom stereocenters. The summed E-state index contributed by atoms with van der Waals surface area (Å²) in [5.41, 5.74) is 1.12. The molecule has 18 heavy (non-hydrogen) atoms. The van der Waals surface area contributed by atoms with Crippen molar-refractivity contribution in [3.63, 3.8) is 0 Å². The molecule has 2 aromatic heterocycles. The Hall–Kier alpha value is -1.93. The Labute approximate surface area is 109 Å². The maximum atomic E-state index is 4.38. The third kappa shape index (κ3) is 1.30. The summed E-state index contributed by atoms with van der Waals surface area (Å²) < 4.78 is 2.66. The zero-order chi connectivity index (χ0) is 12.1. The highest BCUT2D eigenvalue weighted by Crippen LogP contribution is 2.37. The molecule has 4 aromatic rings. The quantitative estimate of drug-likeness (QED) is 0.431. The van der Waals surface area contributed by atoms with E-state index in [4.69, 9.17) is 0 Å². The Balaban J connectivity index is 2.27. The van der Waals surface area contributed by atoms with E-state index in [1.807, 2.05) is 17.5 Å². The number of aromatic nitrogens is 1. The van der Waals surface area contributed by atoms with Gasteiger partial charge in [-0.15, -0.1) is 11.3 Å². The predicted octanol–water partition coefficient (Wildman–Crippen LogP) is 4.91. The summed E-state index contributed by atoms with van der Waals surface area (Å²) >= 11 is 1.84. The lowest BCUT2D eigenvalue weighted by atomic mass is 10.1. The maximum absolute atomic E-state index is 4.38. The molecule has 1 nitrogen and oxygen atoms in total. The van der Waals surface area contributed by atoms with Crippen molar-refractivity contribution in [1.82, 2.24) is 4.98 Å². The fourth-order valence-electron chi connectivity index (χ4n) is 2.52. The summed E-state index contributed by atoms with van der Waals surface area (Å²) in [7, 11) is 0. The van der Waals surface area contributed by atoms with Crippen LogP contribution in [0.2, 0.25) is 0 Å². The summed E-state index contributed by atoms with van der Waals surface area (Å²) in [5, 5.41) is 5.29. The smallest absolute Gasteiger partial charge is 0.0568 e. The van der Waals surface area contributed by atoms with Crippen molar-refractivity contribution in [1.29, 1.82) is 0 Å². The molecule has 2 aromatic carbocycles. The van der Waals surface area contributed by atoms with Crippen LogP contribution in [0.3, 0.4) is 0 Å². The third-order valence-corrected chi connectivity index (χ3v) is 4.71. The normalized spacial score (nSPS) is 11.6. The zero-order valence-electron chi connectivity index (χ0n) is 9.97. The summed E-state index contributed by atoms with van der Waals surface area (Å²) in [6, 6.07) is 15.2. The molecule has 0 unspecified atom stereocenters. The van der Waals surface area contributed by atoms with E-state index in [1.165, 1.54) is 30.9 Å². The van der Waals surface area contributed by atoms with Gasteiger partial charge in [0.05, 0.1) is 10.4 Å². The molecule has 0 N–H and O–H groups in total. The molecule has 0 aliphatic carbocycles. The first-order valence-corrected chi connectivity index (χ1v) is 6.81. The minimum atomic E-state index is 1.12. The van der Waals surface area contributed by atoms with E-state index in [0.29, 0.717) is 0 Å². The molecule has 2 heterocycles. The summed E-state index contributed by atoms with van der Waals surface area (Å²) in [6.07, 6.45) is 1.90. The van der Waals surface area contributed by atoms with Crippen LogP contribution >= 0.6 is 11.3 Å². The first-order valence-electron chi connectivity index (χ1n) is 5.99. The van der Waals surface area contributed by atoms with Crippen molar-refractivity contribution < 1.29 is 0 Å². The number of rotatable bonds is 0. The largest absolute Gasteiger partial charge is 0.260 e. The van der Waals surface area contributed by atoms with Gasteiger partial charge in [0.1, 0.15) is 0 Å². The van der Waals surface area contributed by atoms with E-state index in [9.17, 15) is 0 Å². The zero-order valence-corrected chi connectivity index (χ0v) is 10.8. The molecule has 0 fully saturated rings. The molecule has 86 valence electrons. The number of fused-ring (bicyclic) bond motifs is 4. The van der Waals surface area contributed by atoms with Crippen LogP contribution in [0, 0.1) is 6.92 Å². The second-order valence-electron chi connectivity index (χ2n) is 4.57. The Morgan fingerprint density at radius 1 is 0.944 bits per heavy atom. The first kappa shape index (κ1) is 10.0. The summed E-state index contributed by atoms with van der Waals surface area (Å²) in [4.78, 5) is 4.38. The van der Waals surface area contributed by atoms with Gasteiger partial charge < -0.3 is 0 Å². The number of hydrogen-bond acceptors (Lipinski definition) is 2. The standard InChI is InChI=1S/C16H11NS/c1-10-16-13(6-7-17-10)14-8-11-4-2-3-5-12(11)9-15(14)18-16/h2-9H,1H3. The van der Waals surface area contributed by atoms with Crippen LogP contribution < -0.4 is 0 Å². The first-order chi connectivity index (χ1) is 8.83. The van der Waals surface area contributed by atoms with E-state index in [-0.39, 0.29) is 0 Å². The molecule has 2 heteroatoms. The van der Waals surface area contributed by atoms with Gasteiger partial charge in [0.2, 0.25) is 0 Å². The number of hydrogen-bond donors (Lipinski definition) is 0. The number of pyridine rings is 1. The Morgan fingerprint density at radius 3 is 2.56 bits per heavy atom. The van der Waals surface area contributed by atoms with Crippen LogP contribution in [0.5, 0.6) is 0 Å². The molecule has 0 saturated carbocycles. The van der Waals surface area contributed by atoms with Crippen LogP contribution in [0.15, 0.2) is 48.7 Å². The minimum absolute atomic E-state index is 1.12. The molecule has 4 rings (SSSR count). The maximum Gasteiger partial charge on any atom is 0.0568 e. The Kier molecular flexibility index (Phi) is 1.97. The van der Waals surface area contributed by atoms with E-state index < -0.39 is 0 Å². The number of benzene rings is 2. The van der Waals surface area contributed by atoms with Gasteiger partial charge >= 0.3 is 0 Å². The second kappa shape index (κ2) is 3.53. The lowest BCUT2D eigenvalue weighted by Gasteiger charge is -1.98. The van der Waals surface area contributed by atoms with E-state index in [2.05, 4.69) is 54.4 Å². The Bertz CT molecular complexity index is 889. The van der Waals surface area contributed by atoms with Crippen LogP contribution in [-0.2, 0) is 0 Å². The molecular formula is C16H11NS. The fourth-order valence-corrected chi connectivity index (χ4v) is 3.69. The third-order valence-electron chi connectivity index (χ3n) is 3.43. The minimum Gasteiger partial charge on any atom is -0.260 e. The molecule has 0 aliphatic rings. The van der Waals surface area contributed by atoms with Crippen molar-refractivity contribution >= 4 is 42.3 Å². The average molecular weight is 249 g/mol. The molecule has 0 radical (unpaired) electrons. The van der Waals surface area contributed by atoms with Gasteiger partial charge in [-0.2, -0.15) is 0 Å². The van der Waals surface area contributed by atoms with E-state index in [0.717, 1.165) is 5.69 Å². The molecular weight excluding hydrogens is 238 g/mol. The van der Waals surface area contributed by atoms with Gasteiger partial charge in [-0.3, -0.25) is 4.98 Å². The van der Waals surface area contributed by atoms with E-state index >= 15 is 0 Å². The van der Waals surface area contributed by atoms with Crippen molar-refractivity contribution in [2.75, 3.05) is 0 Å². The van der Waals surface area contributed by atoms with Gasteiger partial charge in [-0.05, 0) is 35.9 Å². The highest BCUT2D eigenvalue weighted by molar-refractivity contribution is 7.26. The molecule has 0 bridgehead atoms. The van der Waals surface area contributed by atoms with Gasteiger partial charge in [0.25, 0.3) is 0 Å². The van der Waals surface area contributed by atoms with Crippen molar-refractivity contribution in [3.8, 4) is 0 Å². The fraction of sp³-hybridized carbons (Fsp3) is 0.0625. The van der Waals surface area contributed by atoms with Crippen LogP contribution in [0.1, 0.15) is 5.69 Å². The van der Waals surface area contributed by atoms with Crippen LogP contribution in [0.25, 0.3) is 30.9 Å². The second-order valence-corrected chi connectivity index (χ2v) is 5.62. The highest BCUT2D eigenvalue weighted by Gasteiger charge is 2.08. The summed E-state index contributed by atoms with van der Waals surface area (Å²) in [5.74, 6) is 0. The van der Waals surface area contributed by atoms with Crippen LogP contribution in [0.4, 0.5) is 0 Å². The number of aryl methyl sites for hydroxylation is 1. The lowest BCUT2D eigenvalue weighted by Crippen LogP contribution is -1.77. The topological polar surface area (TPSA) is 12.9 Å². The van der Waals surface area contributed by atoms with Crippen LogP contribution in [-0.4, -0.2) is 4.98 Å². The SMILES string of the molecule is Cc1nccc2c1sc1cc3ccccc3cc12. The average Bonchev–Trinajstić information content (AvgIpc) is 2.76. The van der Waals surface area contributed by atoms with Gasteiger partial charge in [-0.25, -0.2) is 0 Å². The highest BCUT2D eigenvalue weighted by atomic mass is 32.1.